The van der Waals surface area contributed by atoms with E-state index in [1.807, 2.05) is 6.07 Å². The van der Waals surface area contributed by atoms with Gasteiger partial charge in [0, 0.05) is 6.54 Å². The van der Waals surface area contributed by atoms with Crippen LogP contribution >= 0.6 is 0 Å². The second-order valence-electron chi connectivity index (χ2n) is 4.72. The normalized spacial score (nSPS) is 17.2. The van der Waals surface area contributed by atoms with Gasteiger partial charge in [-0.15, -0.1) is 5.10 Å². The molecule has 0 aromatic carbocycles. The van der Waals surface area contributed by atoms with Crippen molar-refractivity contribution in [3.05, 3.63) is 22.6 Å². The Morgan fingerprint density at radius 3 is 3.06 bits per heavy atom. The fourth-order valence-electron chi connectivity index (χ4n) is 2.01. The molecule has 2 heterocycles. The molecule has 2 N–H and O–H groups in total. The predicted molar refractivity (Wildman–Crippen MR) is 64.1 cm³/mol. The Labute approximate surface area is 98.0 Å². The maximum absolute atomic E-state index is 11.4. The number of hydrogen-bond acceptors (Lipinski definition) is 4. The number of H-pyrrole nitrogens is 1. The summed E-state index contributed by atoms with van der Waals surface area (Å²) in [6.45, 7) is 3.14. The van der Waals surface area contributed by atoms with E-state index in [0.717, 1.165) is 12.4 Å². The van der Waals surface area contributed by atoms with Crippen LogP contribution in [-0.4, -0.2) is 26.4 Å². The minimum Gasteiger partial charge on any atom is -0.368 e. The van der Waals surface area contributed by atoms with Gasteiger partial charge in [-0.25, -0.2) is 9.89 Å². The minimum absolute atomic E-state index is 0.305. The van der Waals surface area contributed by atoms with Crippen molar-refractivity contribution in [2.24, 2.45) is 5.41 Å². The molecule has 1 fully saturated rings. The van der Waals surface area contributed by atoms with E-state index < -0.39 is 0 Å². The van der Waals surface area contributed by atoms with Crippen LogP contribution in [-0.2, 0) is 0 Å². The zero-order chi connectivity index (χ0) is 11.9. The maximum atomic E-state index is 11.4. The van der Waals surface area contributed by atoms with E-state index in [2.05, 4.69) is 27.5 Å². The molecule has 6 nitrogen and oxygen atoms in total. The second kappa shape index (κ2) is 3.58. The molecule has 0 amide bonds. The quantitative estimate of drug-likeness (QED) is 0.826. The highest BCUT2D eigenvalue weighted by molar-refractivity contribution is 5.43. The number of rotatable bonds is 4. The van der Waals surface area contributed by atoms with Crippen molar-refractivity contribution in [2.45, 2.75) is 26.2 Å². The van der Waals surface area contributed by atoms with Gasteiger partial charge in [-0.05, 0) is 36.8 Å². The van der Waals surface area contributed by atoms with Crippen molar-refractivity contribution in [1.29, 1.82) is 0 Å². The lowest BCUT2D eigenvalue weighted by Gasteiger charge is -2.13. The van der Waals surface area contributed by atoms with Gasteiger partial charge in [0.1, 0.15) is 5.82 Å². The molecule has 1 aliphatic carbocycles. The van der Waals surface area contributed by atoms with Gasteiger partial charge in [0.15, 0.2) is 5.65 Å². The lowest BCUT2D eigenvalue weighted by atomic mass is 10.0. The molecule has 3 rings (SSSR count). The first kappa shape index (κ1) is 10.3. The number of nitrogens with zero attached hydrogens (tertiary/aromatic N) is 3. The molecule has 0 spiro atoms. The highest BCUT2D eigenvalue weighted by Crippen LogP contribution is 2.48. The third-order valence-corrected chi connectivity index (χ3v) is 3.63. The fraction of sp³-hybridized carbons (Fsp3) is 0.545. The number of aromatic nitrogens is 4. The van der Waals surface area contributed by atoms with Crippen molar-refractivity contribution in [1.82, 2.24) is 19.8 Å². The topological polar surface area (TPSA) is 75.1 Å². The lowest BCUT2D eigenvalue weighted by molar-refractivity contribution is 0.520. The molecule has 1 saturated carbocycles. The van der Waals surface area contributed by atoms with Crippen LogP contribution in [0.4, 0.5) is 5.82 Å². The van der Waals surface area contributed by atoms with E-state index in [1.54, 1.807) is 6.07 Å². The summed E-state index contributed by atoms with van der Waals surface area (Å²) in [5.41, 5.74) is 0.690. The summed E-state index contributed by atoms with van der Waals surface area (Å²) < 4.78 is 1.27. The van der Waals surface area contributed by atoms with Gasteiger partial charge in [0.2, 0.25) is 0 Å². The van der Waals surface area contributed by atoms with Crippen molar-refractivity contribution < 1.29 is 0 Å². The standard InChI is InChI=1S/C11H15N5O/c1-2-11(5-6-11)7-12-8-3-4-9-13-14-10(17)16(9)15-8/h3-4H,2,5-7H2,1H3,(H,12,15)(H,14,17). The first-order valence-electron chi connectivity index (χ1n) is 5.91. The minimum atomic E-state index is -0.305. The largest absolute Gasteiger partial charge is 0.368 e. The van der Waals surface area contributed by atoms with Gasteiger partial charge >= 0.3 is 5.69 Å². The van der Waals surface area contributed by atoms with Crippen molar-refractivity contribution >= 4 is 11.5 Å². The highest BCUT2D eigenvalue weighted by Gasteiger charge is 2.40. The van der Waals surface area contributed by atoms with Crippen LogP contribution in [0.3, 0.4) is 0 Å². The molecular formula is C11H15N5O. The van der Waals surface area contributed by atoms with Gasteiger partial charge in [-0.1, -0.05) is 6.92 Å². The van der Waals surface area contributed by atoms with Gasteiger partial charge in [-0.3, -0.25) is 0 Å². The summed E-state index contributed by atoms with van der Waals surface area (Å²) >= 11 is 0. The first-order valence-corrected chi connectivity index (χ1v) is 5.91. The summed E-state index contributed by atoms with van der Waals surface area (Å²) in [6.07, 6.45) is 3.75. The molecule has 2 aromatic rings. The Balaban J connectivity index is 1.81. The van der Waals surface area contributed by atoms with E-state index in [4.69, 9.17) is 0 Å². The van der Waals surface area contributed by atoms with Crippen LogP contribution in [0.25, 0.3) is 5.65 Å². The third-order valence-electron chi connectivity index (χ3n) is 3.63. The van der Waals surface area contributed by atoms with Crippen molar-refractivity contribution in [2.75, 3.05) is 11.9 Å². The van der Waals surface area contributed by atoms with Crippen LogP contribution in [0.1, 0.15) is 26.2 Å². The van der Waals surface area contributed by atoms with Crippen LogP contribution in [0, 0.1) is 5.41 Å². The molecule has 2 aromatic heterocycles. The van der Waals surface area contributed by atoms with Crippen LogP contribution in [0.5, 0.6) is 0 Å². The number of anilines is 1. The summed E-state index contributed by atoms with van der Waals surface area (Å²) in [5.74, 6) is 0.723. The predicted octanol–water partition coefficient (Wildman–Crippen LogP) is 1.02. The Kier molecular flexibility index (Phi) is 2.17. The number of fused-ring (bicyclic) bond motifs is 1. The molecule has 90 valence electrons. The zero-order valence-electron chi connectivity index (χ0n) is 9.73. The SMILES string of the molecule is CCC1(CNc2ccc3n[nH]c(=O)n3n2)CC1. The molecule has 1 aliphatic rings. The maximum Gasteiger partial charge on any atom is 0.364 e. The molecule has 0 atom stereocenters. The van der Waals surface area contributed by atoms with Crippen LogP contribution < -0.4 is 11.0 Å². The van der Waals surface area contributed by atoms with Crippen LogP contribution in [0.15, 0.2) is 16.9 Å². The summed E-state index contributed by atoms with van der Waals surface area (Å²) in [5, 5.41) is 13.7. The first-order chi connectivity index (χ1) is 8.22. The van der Waals surface area contributed by atoms with Gasteiger partial charge in [0.05, 0.1) is 0 Å². The number of hydrogen-bond donors (Lipinski definition) is 2. The zero-order valence-corrected chi connectivity index (χ0v) is 9.73. The molecule has 0 radical (unpaired) electrons. The van der Waals surface area contributed by atoms with Gasteiger partial charge in [0.25, 0.3) is 0 Å². The van der Waals surface area contributed by atoms with E-state index in [-0.39, 0.29) is 5.69 Å². The van der Waals surface area contributed by atoms with Gasteiger partial charge < -0.3 is 5.32 Å². The Hall–Kier alpha value is -1.85. The lowest BCUT2D eigenvalue weighted by Crippen LogP contribution is -2.18. The average Bonchev–Trinajstić information content (AvgIpc) is 3.06. The molecule has 6 heteroatoms. The van der Waals surface area contributed by atoms with E-state index in [9.17, 15) is 4.79 Å². The summed E-state index contributed by atoms with van der Waals surface area (Å²) in [6, 6.07) is 3.63. The average molecular weight is 233 g/mol. The Morgan fingerprint density at radius 2 is 2.35 bits per heavy atom. The molecule has 0 saturated heterocycles. The summed E-state index contributed by atoms with van der Waals surface area (Å²) in [7, 11) is 0. The van der Waals surface area contributed by atoms with Crippen LogP contribution in [0.2, 0.25) is 0 Å². The molecule has 17 heavy (non-hydrogen) atoms. The number of nitrogens with one attached hydrogen (secondary N) is 2. The molecule has 0 bridgehead atoms. The van der Waals surface area contributed by atoms with Crippen molar-refractivity contribution in [3.63, 3.8) is 0 Å². The highest BCUT2D eigenvalue weighted by atomic mass is 16.2. The monoisotopic (exact) mass is 233 g/mol. The fourth-order valence-corrected chi connectivity index (χ4v) is 2.01. The molecule has 0 aliphatic heterocycles. The summed E-state index contributed by atoms with van der Waals surface area (Å²) in [4.78, 5) is 11.4. The van der Waals surface area contributed by atoms with Crippen molar-refractivity contribution in [3.8, 4) is 0 Å². The van der Waals surface area contributed by atoms with Gasteiger partial charge in [-0.2, -0.15) is 9.61 Å². The second-order valence-corrected chi connectivity index (χ2v) is 4.72. The Morgan fingerprint density at radius 1 is 1.53 bits per heavy atom. The molecular weight excluding hydrogens is 218 g/mol. The van der Waals surface area contributed by atoms with E-state index >= 15 is 0 Å². The Bertz CT molecular complexity index is 595. The van der Waals surface area contributed by atoms with E-state index in [1.165, 1.54) is 23.8 Å². The number of aromatic amines is 1. The molecule has 0 unspecified atom stereocenters. The van der Waals surface area contributed by atoms with E-state index in [0.29, 0.717) is 11.1 Å². The smallest absolute Gasteiger partial charge is 0.364 e. The third kappa shape index (κ3) is 1.79.